The van der Waals surface area contributed by atoms with Crippen LogP contribution in [0.3, 0.4) is 0 Å². The maximum Gasteiger partial charge on any atom is 0.271 e. The third-order valence-electron chi connectivity index (χ3n) is 5.84. The molecule has 1 aromatic heterocycles. The lowest BCUT2D eigenvalue weighted by Crippen LogP contribution is -2.29. The molecule has 1 aromatic carbocycles. The number of hydrogen-bond donors (Lipinski definition) is 5. The van der Waals surface area contributed by atoms with Crippen LogP contribution in [0.2, 0.25) is 0 Å². The zero-order valence-corrected chi connectivity index (χ0v) is 19.6. The summed E-state index contributed by atoms with van der Waals surface area (Å²) in [6, 6.07) is 5.52. The topological polar surface area (TPSA) is 142 Å². The zero-order valence-electron chi connectivity index (χ0n) is 19.6. The molecule has 0 saturated heterocycles. The average molecular weight is 455 g/mol. The van der Waals surface area contributed by atoms with Crippen molar-refractivity contribution in [2.75, 3.05) is 17.2 Å². The second-order valence-electron chi connectivity index (χ2n) is 8.49. The van der Waals surface area contributed by atoms with Gasteiger partial charge in [-0.3, -0.25) is 9.59 Å². The second-order valence-corrected chi connectivity index (χ2v) is 8.49. The fourth-order valence-corrected chi connectivity index (χ4v) is 3.97. The van der Waals surface area contributed by atoms with Crippen LogP contribution in [0.4, 0.5) is 17.3 Å². The van der Waals surface area contributed by atoms with Crippen LogP contribution in [-0.2, 0) is 6.42 Å². The summed E-state index contributed by atoms with van der Waals surface area (Å²) in [4.78, 5) is 33.6. The highest BCUT2D eigenvalue weighted by Gasteiger charge is 2.23. The largest absolute Gasteiger partial charge is 0.393 e. The van der Waals surface area contributed by atoms with E-state index in [2.05, 4.69) is 25.9 Å². The van der Waals surface area contributed by atoms with E-state index in [1.165, 1.54) is 0 Å². The number of amides is 2. The minimum atomic E-state index is -0.667. The Bertz CT molecular complexity index is 1000. The smallest absolute Gasteiger partial charge is 0.271 e. The number of nitrogens with zero attached hydrogens (tertiary/aromatic N) is 2. The van der Waals surface area contributed by atoms with Crippen LogP contribution in [0.5, 0.6) is 0 Å². The SMILES string of the molecule is CCCNC(=O)c1ccc(Nc2nc(NC3CCC(O)CC3)c(CC)nc2C(N)=O)cc1C. The lowest BCUT2D eigenvalue weighted by atomic mass is 9.93. The van der Waals surface area contributed by atoms with Crippen molar-refractivity contribution >= 4 is 29.1 Å². The molecular formula is C24H34N6O3. The second kappa shape index (κ2) is 11.1. The summed E-state index contributed by atoms with van der Waals surface area (Å²) in [6.07, 6.45) is 4.38. The predicted molar refractivity (Wildman–Crippen MR) is 129 cm³/mol. The molecule has 0 bridgehead atoms. The van der Waals surface area contributed by atoms with Gasteiger partial charge < -0.3 is 26.8 Å². The highest BCUT2D eigenvalue weighted by molar-refractivity contribution is 5.97. The van der Waals surface area contributed by atoms with Crippen LogP contribution in [0.15, 0.2) is 18.2 Å². The van der Waals surface area contributed by atoms with E-state index < -0.39 is 5.91 Å². The first-order chi connectivity index (χ1) is 15.8. The number of primary amides is 1. The van der Waals surface area contributed by atoms with E-state index in [0.717, 1.165) is 37.7 Å². The highest BCUT2D eigenvalue weighted by atomic mass is 16.3. The zero-order chi connectivity index (χ0) is 24.0. The molecule has 6 N–H and O–H groups in total. The van der Waals surface area contributed by atoms with E-state index >= 15 is 0 Å². The first-order valence-corrected chi connectivity index (χ1v) is 11.6. The number of aromatic nitrogens is 2. The van der Waals surface area contributed by atoms with Crippen molar-refractivity contribution in [3.8, 4) is 0 Å². The molecule has 2 amide bonds. The quantitative estimate of drug-likeness (QED) is 0.392. The number of nitrogens with two attached hydrogens (primary N) is 1. The molecule has 2 aromatic rings. The molecule has 178 valence electrons. The van der Waals surface area contributed by atoms with Gasteiger partial charge in [0.1, 0.15) is 5.82 Å². The van der Waals surface area contributed by atoms with Gasteiger partial charge in [0.25, 0.3) is 11.8 Å². The third kappa shape index (κ3) is 6.19. The van der Waals surface area contributed by atoms with Gasteiger partial charge in [0.05, 0.1) is 11.8 Å². The summed E-state index contributed by atoms with van der Waals surface area (Å²) in [7, 11) is 0. The number of aliphatic hydroxyl groups excluding tert-OH is 1. The van der Waals surface area contributed by atoms with Crippen molar-refractivity contribution in [1.29, 1.82) is 0 Å². The Labute approximate surface area is 194 Å². The maximum absolute atomic E-state index is 12.3. The first-order valence-electron chi connectivity index (χ1n) is 11.6. The summed E-state index contributed by atoms with van der Waals surface area (Å²) in [5.74, 6) is 0.0912. The van der Waals surface area contributed by atoms with Crippen LogP contribution in [0.1, 0.15) is 78.1 Å². The summed E-state index contributed by atoms with van der Waals surface area (Å²) in [6.45, 7) is 6.43. The number of hydrogen-bond acceptors (Lipinski definition) is 7. The van der Waals surface area contributed by atoms with E-state index in [1.54, 1.807) is 12.1 Å². The van der Waals surface area contributed by atoms with Gasteiger partial charge in [0.2, 0.25) is 0 Å². The molecule has 0 unspecified atom stereocenters. The van der Waals surface area contributed by atoms with Gasteiger partial charge in [0, 0.05) is 23.8 Å². The van der Waals surface area contributed by atoms with E-state index in [1.807, 2.05) is 26.8 Å². The minimum absolute atomic E-state index is 0.0684. The normalized spacial score (nSPS) is 17.9. The summed E-state index contributed by atoms with van der Waals surface area (Å²) < 4.78 is 0. The monoisotopic (exact) mass is 454 g/mol. The Morgan fingerprint density at radius 3 is 2.45 bits per heavy atom. The number of nitrogens with one attached hydrogen (secondary N) is 3. The van der Waals surface area contributed by atoms with Gasteiger partial charge in [-0.2, -0.15) is 0 Å². The third-order valence-corrected chi connectivity index (χ3v) is 5.84. The molecule has 0 radical (unpaired) electrons. The fraction of sp³-hybridized carbons (Fsp3) is 0.500. The van der Waals surface area contributed by atoms with Gasteiger partial charge in [-0.15, -0.1) is 0 Å². The molecule has 33 heavy (non-hydrogen) atoms. The molecule has 1 heterocycles. The minimum Gasteiger partial charge on any atom is -0.393 e. The van der Waals surface area contributed by atoms with Crippen LogP contribution in [0.25, 0.3) is 0 Å². The van der Waals surface area contributed by atoms with Crippen molar-refractivity contribution in [2.45, 2.75) is 71.4 Å². The standard InChI is InChI=1S/C24H34N6O3/c1-4-12-26-24(33)18-11-8-16(13-14(18)3)28-23-20(21(25)32)29-19(5-2)22(30-23)27-15-6-9-17(31)10-7-15/h8,11,13,15,17,31H,4-7,9-10,12H2,1-3H3,(H2,25,32)(H,26,33)(H2,27,28,30). The van der Waals surface area contributed by atoms with Crippen LogP contribution >= 0.6 is 0 Å². The van der Waals surface area contributed by atoms with Gasteiger partial charge in [-0.1, -0.05) is 13.8 Å². The fourth-order valence-electron chi connectivity index (χ4n) is 3.97. The number of anilines is 3. The number of aliphatic hydroxyl groups is 1. The lowest BCUT2D eigenvalue weighted by molar-refractivity contribution is 0.0951. The van der Waals surface area contributed by atoms with E-state index in [9.17, 15) is 14.7 Å². The molecule has 0 spiro atoms. The summed E-state index contributed by atoms with van der Waals surface area (Å²) >= 11 is 0. The van der Waals surface area contributed by atoms with Gasteiger partial charge >= 0.3 is 0 Å². The van der Waals surface area contributed by atoms with Crippen molar-refractivity contribution in [2.24, 2.45) is 5.73 Å². The van der Waals surface area contributed by atoms with Crippen LogP contribution < -0.4 is 21.7 Å². The molecule has 9 heteroatoms. The molecule has 1 aliphatic rings. The van der Waals surface area contributed by atoms with Crippen LogP contribution in [0, 0.1) is 6.92 Å². The molecule has 1 aliphatic carbocycles. The number of aryl methyl sites for hydroxylation is 2. The Hall–Kier alpha value is -3.20. The molecule has 0 atom stereocenters. The molecule has 1 saturated carbocycles. The van der Waals surface area contributed by atoms with Crippen LogP contribution in [-0.4, -0.2) is 45.6 Å². The van der Waals surface area contributed by atoms with E-state index in [0.29, 0.717) is 35.7 Å². The number of benzene rings is 1. The van der Waals surface area contributed by atoms with E-state index in [4.69, 9.17) is 5.73 Å². The lowest BCUT2D eigenvalue weighted by Gasteiger charge is -2.27. The van der Waals surface area contributed by atoms with Crippen molar-refractivity contribution in [3.05, 3.63) is 40.7 Å². The summed E-state index contributed by atoms with van der Waals surface area (Å²) in [5.41, 5.74) is 8.40. The van der Waals surface area contributed by atoms with Crippen molar-refractivity contribution in [1.82, 2.24) is 15.3 Å². The first kappa shape index (κ1) is 24.4. The predicted octanol–water partition coefficient (Wildman–Crippen LogP) is 3.05. The van der Waals surface area contributed by atoms with Gasteiger partial charge in [-0.05, 0) is 69.2 Å². The highest BCUT2D eigenvalue weighted by Crippen LogP contribution is 2.27. The Morgan fingerprint density at radius 2 is 1.85 bits per heavy atom. The van der Waals surface area contributed by atoms with Gasteiger partial charge in [-0.25, -0.2) is 9.97 Å². The average Bonchev–Trinajstić information content (AvgIpc) is 2.79. The van der Waals surface area contributed by atoms with Crippen molar-refractivity contribution in [3.63, 3.8) is 0 Å². The molecule has 1 fully saturated rings. The Morgan fingerprint density at radius 1 is 1.12 bits per heavy atom. The molecule has 0 aliphatic heterocycles. The molecule has 9 nitrogen and oxygen atoms in total. The maximum atomic E-state index is 12.3. The van der Waals surface area contributed by atoms with Crippen molar-refractivity contribution < 1.29 is 14.7 Å². The summed E-state index contributed by atoms with van der Waals surface area (Å²) in [5, 5.41) is 19.2. The molecular weight excluding hydrogens is 420 g/mol. The number of rotatable bonds is 9. The number of carbonyl (C=O) groups excluding carboxylic acids is 2. The molecule has 3 rings (SSSR count). The number of carbonyl (C=O) groups is 2. The van der Waals surface area contributed by atoms with E-state index in [-0.39, 0.29) is 29.6 Å². The Balaban J connectivity index is 1.87. The Kier molecular flexibility index (Phi) is 8.21. The van der Waals surface area contributed by atoms with Gasteiger partial charge in [0.15, 0.2) is 11.5 Å².